The van der Waals surface area contributed by atoms with Gasteiger partial charge >= 0.3 is 0 Å². The second kappa shape index (κ2) is 9.32. The van der Waals surface area contributed by atoms with E-state index in [0.717, 1.165) is 22.1 Å². The maximum absolute atomic E-state index is 12.5. The van der Waals surface area contributed by atoms with Gasteiger partial charge < -0.3 is 11.1 Å². The molecule has 0 spiro atoms. The number of nitrogens with one attached hydrogen (secondary N) is 1. The van der Waals surface area contributed by atoms with Gasteiger partial charge in [-0.3, -0.25) is 14.2 Å². The Morgan fingerprint density at radius 3 is 2.19 bits per heavy atom. The first-order chi connectivity index (χ1) is 15.1. The van der Waals surface area contributed by atoms with E-state index in [1.807, 2.05) is 66.9 Å². The van der Waals surface area contributed by atoms with Gasteiger partial charge in [-0.05, 0) is 36.4 Å². The van der Waals surface area contributed by atoms with Crippen LogP contribution in [0.5, 0.6) is 0 Å². The van der Waals surface area contributed by atoms with E-state index < -0.39 is 5.91 Å². The van der Waals surface area contributed by atoms with E-state index in [9.17, 15) is 9.59 Å². The van der Waals surface area contributed by atoms with Gasteiger partial charge in [-0.15, -0.1) is 0 Å². The van der Waals surface area contributed by atoms with Crippen LogP contribution in [-0.2, 0) is 4.79 Å². The summed E-state index contributed by atoms with van der Waals surface area (Å²) in [5, 5.41) is 3.55. The molecular formula is C24H20N4O2S. The number of hydrogen-bond acceptors (Lipinski definition) is 4. The Kier molecular flexibility index (Phi) is 6.14. The smallest absolute Gasteiger partial charge is 0.248 e. The molecule has 154 valence electrons. The SMILES string of the molecule is NC(=O)c1ccc(NC(=O)CSc2ncc(-c3ccccc3)n2-c2ccccc2)cc1. The Labute approximate surface area is 184 Å². The minimum atomic E-state index is -0.504. The van der Waals surface area contributed by atoms with Crippen LogP contribution in [0, 0.1) is 0 Å². The molecule has 3 N–H and O–H groups in total. The van der Waals surface area contributed by atoms with Crippen LogP contribution in [0.25, 0.3) is 16.9 Å². The topological polar surface area (TPSA) is 90.0 Å². The highest BCUT2D eigenvalue weighted by molar-refractivity contribution is 7.99. The van der Waals surface area contributed by atoms with Crippen LogP contribution < -0.4 is 11.1 Å². The molecule has 0 fully saturated rings. The van der Waals surface area contributed by atoms with E-state index in [0.29, 0.717) is 11.3 Å². The maximum atomic E-state index is 12.5. The number of carbonyl (C=O) groups excluding carboxylic acids is 2. The number of anilines is 1. The Bertz CT molecular complexity index is 1190. The summed E-state index contributed by atoms with van der Waals surface area (Å²) in [4.78, 5) is 28.2. The third-order valence-electron chi connectivity index (χ3n) is 4.60. The van der Waals surface area contributed by atoms with Gasteiger partial charge in [0.05, 0.1) is 17.6 Å². The molecule has 0 atom stereocenters. The van der Waals surface area contributed by atoms with Crippen LogP contribution in [0.4, 0.5) is 5.69 Å². The number of nitrogens with zero attached hydrogens (tertiary/aromatic N) is 2. The third kappa shape index (κ3) is 4.84. The number of carbonyl (C=O) groups is 2. The van der Waals surface area contributed by atoms with E-state index in [1.165, 1.54) is 11.8 Å². The van der Waals surface area contributed by atoms with Crippen molar-refractivity contribution in [1.29, 1.82) is 0 Å². The molecule has 2 amide bonds. The van der Waals surface area contributed by atoms with Crippen molar-refractivity contribution in [3.8, 4) is 16.9 Å². The van der Waals surface area contributed by atoms with Crippen molar-refractivity contribution in [2.75, 3.05) is 11.1 Å². The number of benzene rings is 3. The molecule has 0 saturated carbocycles. The molecule has 4 rings (SSSR count). The largest absolute Gasteiger partial charge is 0.366 e. The molecule has 0 aliphatic rings. The van der Waals surface area contributed by atoms with Crippen LogP contribution in [0.1, 0.15) is 10.4 Å². The van der Waals surface area contributed by atoms with E-state index in [-0.39, 0.29) is 11.7 Å². The van der Waals surface area contributed by atoms with Crippen LogP contribution in [0.15, 0.2) is 96.3 Å². The fraction of sp³-hybridized carbons (Fsp3) is 0.0417. The number of hydrogen-bond donors (Lipinski definition) is 2. The van der Waals surface area contributed by atoms with E-state index in [4.69, 9.17) is 5.73 Å². The number of para-hydroxylation sites is 1. The first-order valence-electron chi connectivity index (χ1n) is 9.63. The molecule has 0 saturated heterocycles. The minimum absolute atomic E-state index is 0.166. The summed E-state index contributed by atoms with van der Waals surface area (Å²) >= 11 is 1.36. The zero-order valence-corrected chi connectivity index (χ0v) is 17.4. The van der Waals surface area contributed by atoms with Crippen LogP contribution >= 0.6 is 11.8 Å². The quantitative estimate of drug-likeness (QED) is 0.428. The number of amides is 2. The molecule has 31 heavy (non-hydrogen) atoms. The Hall–Kier alpha value is -3.84. The van der Waals surface area contributed by atoms with Crippen LogP contribution in [0.2, 0.25) is 0 Å². The molecule has 1 heterocycles. The molecule has 1 aromatic heterocycles. The third-order valence-corrected chi connectivity index (χ3v) is 5.55. The predicted molar refractivity (Wildman–Crippen MR) is 123 cm³/mol. The van der Waals surface area contributed by atoms with Gasteiger partial charge in [-0.1, -0.05) is 60.3 Å². The van der Waals surface area contributed by atoms with Crippen molar-refractivity contribution < 1.29 is 9.59 Å². The molecule has 0 bridgehead atoms. The molecular weight excluding hydrogens is 408 g/mol. The average Bonchev–Trinajstić information content (AvgIpc) is 3.23. The summed E-state index contributed by atoms with van der Waals surface area (Å²) in [5.41, 5.74) is 9.22. The molecule has 0 aliphatic heterocycles. The number of nitrogens with two attached hydrogens (primary N) is 1. The molecule has 6 nitrogen and oxygen atoms in total. The molecule has 0 radical (unpaired) electrons. The summed E-state index contributed by atoms with van der Waals surface area (Å²) in [7, 11) is 0. The van der Waals surface area contributed by atoms with Gasteiger partial charge in [-0.2, -0.15) is 0 Å². The fourth-order valence-corrected chi connectivity index (χ4v) is 3.91. The van der Waals surface area contributed by atoms with Crippen molar-refractivity contribution >= 4 is 29.3 Å². The standard InChI is InChI=1S/C24H20N4O2S/c25-23(30)18-11-13-19(14-12-18)27-22(29)16-31-24-26-15-21(17-7-3-1-4-8-17)28(24)20-9-5-2-6-10-20/h1-15H,16H2,(H2,25,30)(H,27,29). The van der Waals surface area contributed by atoms with E-state index >= 15 is 0 Å². The lowest BCUT2D eigenvalue weighted by atomic mass is 10.1. The molecule has 7 heteroatoms. The molecule has 4 aromatic rings. The number of rotatable bonds is 7. The summed E-state index contributed by atoms with van der Waals surface area (Å²) in [6.07, 6.45) is 1.82. The number of aromatic nitrogens is 2. The highest BCUT2D eigenvalue weighted by Crippen LogP contribution is 2.29. The lowest BCUT2D eigenvalue weighted by molar-refractivity contribution is -0.113. The summed E-state index contributed by atoms with van der Waals surface area (Å²) in [6.45, 7) is 0. The second-order valence-electron chi connectivity index (χ2n) is 6.74. The Balaban J connectivity index is 1.52. The average molecular weight is 429 g/mol. The van der Waals surface area contributed by atoms with Crippen molar-refractivity contribution in [2.45, 2.75) is 5.16 Å². The minimum Gasteiger partial charge on any atom is -0.366 e. The molecule has 0 aliphatic carbocycles. The zero-order chi connectivity index (χ0) is 21.6. The number of thioether (sulfide) groups is 1. The van der Waals surface area contributed by atoms with Crippen LogP contribution in [-0.4, -0.2) is 27.1 Å². The van der Waals surface area contributed by atoms with Crippen molar-refractivity contribution in [3.05, 3.63) is 96.7 Å². The second-order valence-corrected chi connectivity index (χ2v) is 7.68. The van der Waals surface area contributed by atoms with Gasteiger partial charge in [0.25, 0.3) is 0 Å². The predicted octanol–water partition coefficient (Wildman–Crippen LogP) is 4.37. The lowest BCUT2D eigenvalue weighted by Gasteiger charge is -2.12. The van der Waals surface area contributed by atoms with E-state index in [2.05, 4.69) is 14.9 Å². The first kappa shape index (κ1) is 20.4. The van der Waals surface area contributed by atoms with Gasteiger partial charge in [0, 0.05) is 22.5 Å². The number of imidazole rings is 1. The molecule has 0 unspecified atom stereocenters. The van der Waals surface area contributed by atoms with Crippen molar-refractivity contribution in [3.63, 3.8) is 0 Å². The molecule has 3 aromatic carbocycles. The Morgan fingerprint density at radius 1 is 0.903 bits per heavy atom. The normalized spacial score (nSPS) is 10.6. The highest BCUT2D eigenvalue weighted by Gasteiger charge is 2.15. The maximum Gasteiger partial charge on any atom is 0.248 e. The summed E-state index contributed by atoms with van der Waals surface area (Å²) < 4.78 is 2.05. The van der Waals surface area contributed by atoms with Crippen molar-refractivity contribution in [2.24, 2.45) is 5.73 Å². The van der Waals surface area contributed by atoms with Gasteiger partial charge in [-0.25, -0.2) is 4.98 Å². The van der Waals surface area contributed by atoms with Crippen LogP contribution in [0.3, 0.4) is 0 Å². The zero-order valence-electron chi connectivity index (χ0n) is 16.6. The fourth-order valence-electron chi connectivity index (χ4n) is 3.12. The highest BCUT2D eigenvalue weighted by atomic mass is 32.2. The summed E-state index contributed by atoms with van der Waals surface area (Å²) in [6, 6.07) is 26.4. The number of primary amides is 1. The lowest BCUT2D eigenvalue weighted by Crippen LogP contribution is -2.15. The van der Waals surface area contributed by atoms with E-state index in [1.54, 1.807) is 24.3 Å². The van der Waals surface area contributed by atoms with Gasteiger partial charge in [0.2, 0.25) is 11.8 Å². The monoisotopic (exact) mass is 428 g/mol. The van der Waals surface area contributed by atoms with Gasteiger partial charge in [0.15, 0.2) is 5.16 Å². The Morgan fingerprint density at radius 2 is 1.55 bits per heavy atom. The summed E-state index contributed by atoms with van der Waals surface area (Å²) in [5.74, 6) is -0.480. The first-order valence-corrected chi connectivity index (χ1v) is 10.6. The van der Waals surface area contributed by atoms with Crippen molar-refractivity contribution in [1.82, 2.24) is 9.55 Å². The van der Waals surface area contributed by atoms with Gasteiger partial charge in [0.1, 0.15) is 0 Å².